The van der Waals surface area contributed by atoms with Crippen LogP contribution in [0.1, 0.15) is 22.5 Å². The highest BCUT2D eigenvalue weighted by atomic mass is 35.5. The van der Waals surface area contributed by atoms with Gasteiger partial charge in [-0.1, -0.05) is 29.8 Å². The predicted molar refractivity (Wildman–Crippen MR) is 113 cm³/mol. The van der Waals surface area contributed by atoms with Gasteiger partial charge in [0.25, 0.3) is 0 Å². The first kappa shape index (κ1) is 18.4. The van der Waals surface area contributed by atoms with E-state index in [0.29, 0.717) is 10.1 Å². The number of thiocarbonyl (C=S) groups is 1. The summed E-state index contributed by atoms with van der Waals surface area (Å²) < 4.78 is 2.01. The molecule has 6 heteroatoms. The van der Waals surface area contributed by atoms with E-state index < -0.39 is 0 Å². The Kier molecular flexibility index (Phi) is 5.59. The summed E-state index contributed by atoms with van der Waals surface area (Å²) in [6.45, 7) is 6.79. The first-order valence-electron chi connectivity index (χ1n) is 8.35. The van der Waals surface area contributed by atoms with Crippen LogP contribution in [0.4, 0.5) is 11.4 Å². The van der Waals surface area contributed by atoms with E-state index in [4.69, 9.17) is 23.8 Å². The molecule has 0 saturated carbocycles. The van der Waals surface area contributed by atoms with Gasteiger partial charge in [0.05, 0.1) is 12.2 Å². The maximum Gasteiger partial charge on any atom is 0.175 e. The molecule has 3 rings (SSSR count). The van der Waals surface area contributed by atoms with Crippen LogP contribution in [0.15, 0.2) is 48.5 Å². The zero-order valence-corrected chi connectivity index (χ0v) is 16.6. The summed E-state index contributed by atoms with van der Waals surface area (Å²) in [5, 5.41) is 12.1. The number of nitrogens with one attached hydrogen (secondary N) is 2. The molecule has 134 valence electrons. The second kappa shape index (κ2) is 7.89. The Bertz CT molecular complexity index is 931. The number of aryl methyl sites for hydroxylation is 2. The average molecular weight is 385 g/mol. The lowest BCUT2D eigenvalue weighted by Crippen LogP contribution is -2.19. The van der Waals surface area contributed by atoms with Gasteiger partial charge in [-0.15, -0.1) is 0 Å². The molecule has 0 unspecified atom stereocenters. The van der Waals surface area contributed by atoms with E-state index in [0.717, 1.165) is 34.9 Å². The molecule has 0 bridgehead atoms. The number of anilines is 2. The number of hydrogen-bond acceptors (Lipinski definition) is 2. The number of hydrogen-bond donors (Lipinski definition) is 2. The van der Waals surface area contributed by atoms with E-state index in [9.17, 15) is 0 Å². The first-order chi connectivity index (χ1) is 12.4. The lowest BCUT2D eigenvalue weighted by Gasteiger charge is -2.13. The second-order valence-corrected chi connectivity index (χ2v) is 7.09. The molecule has 0 aliphatic rings. The maximum atomic E-state index is 6.14. The summed E-state index contributed by atoms with van der Waals surface area (Å²) in [7, 11) is 0. The molecule has 0 fully saturated rings. The van der Waals surface area contributed by atoms with Crippen LogP contribution in [0.2, 0.25) is 5.02 Å². The van der Waals surface area contributed by atoms with Crippen molar-refractivity contribution in [2.24, 2.45) is 0 Å². The summed E-state index contributed by atoms with van der Waals surface area (Å²) in [4.78, 5) is 0. The fourth-order valence-corrected chi connectivity index (χ4v) is 3.13. The van der Waals surface area contributed by atoms with Crippen molar-refractivity contribution in [2.45, 2.75) is 27.3 Å². The third kappa shape index (κ3) is 4.42. The van der Waals surface area contributed by atoms with E-state index >= 15 is 0 Å². The van der Waals surface area contributed by atoms with Gasteiger partial charge in [0.2, 0.25) is 0 Å². The Morgan fingerprint density at radius 1 is 1.08 bits per heavy atom. The molecule has 0 aliphatic heterocycles. The molecule has 0 radical (unpaired) electrons. The van der Waals surface area contributed by atoms with E-state index in [1.165, 1.54) is 5.56 Å². The fraction of sp³-hybridized carbons (Fsp3) is 0.200. The summed E-state index contributed by atoms with van der Waals surface area (Å²) in [5.41, 5.74) is 6.18. The highest BCUT2D eigenvalue weighted by Gasteiger charge is 2.05. The molecular formula is C20H21ClN4S. The van der Waals surface area contributed by atoms with Crippen LogP contribution in [-0.4, -0.2) is 14.9 Å². The lowest BCUT2D eigenvalue weighted by molar-refractivity contribution is 0.659. The SMILES string of the molecule is Cc1cc(C)n(Cc2ccc(NC(=S)Nc3cccc(Cl)c3C)cc2)n1. The Balaban J connectivity index is 1.62. The standard InChI is InChI=1S/C20H21ClN4S/c1-13-11-14(2)25(24-13)12-16-7-9-17(10-8-16)22-20(26)23-19-6-4-5-18(21)15(19)3/h4-11H,12H2,1-3H3,(H2,22,23,26). The fourth-order valence-electron chi connectivity index (χ4n) is 2.73. The van der Waals surface area contributed by atoms with Crippen molar-refractivity contribution in [3.05, 3.63) is 76.1 Å². The summed E-state index contributed by atoms with van der Waals surface area (Å²) in [5.74, 6) is 0. The van der Waals surface area contributed by atoms with Gasteiger partial charge in [-0.3, -0.25) is 4.68 Å². The minimum Gasteiger partial charge on any atom is -0.332 e. The third-order valence-corrected chi connectivity index (χ3v) is 4.78. The molecule has 2 aromatic carbocycles. The number of benzene rings is 2. The number of rotatable bonds is 4. The maximum absolute atomic E-state index is 6.14. The summed E-state index contributed by atoms with van der Waals surface area (Å²) in [6.07, 6.45) is 0. The normalized spacial score (nSPS) is 10.6. The monoisotopic (exact) mass is 384 g/mol. The quantitative estimate of drug-likeness (QED) is 0.597. The van der Waals surface area contributed by atoms with Crippen molar-refractivity contribution in [2.75, 3.05) is 10.6 Å². The first-order valence-corrected chi connectivity index (χ1v) is 9.14. The van der Waals surface area contributed by atoms with Crippen molar-refractivity contribution in [3.8, 4) is 0 Å². The van der Waals surface area contributed by atoms with E-state index in [1.807, 2.05) is 48.9 Å². The molecule has 0 amide bonds. The Labute approximate surface area is 164 Å². The van der Waals surface area contributed by atoms with Crippen LogP contribution in [0.25, 0.3) is 0 Å². The molecule has 1 heterocycles. The highest BCUT2D eigenvalue weighted by molar-refractivity contribution is 7.80. The molecule has 0 spiro atoms. The molecule has 26 heavy (non-hydrogen) atoms. The van der Waals surface area contributed by atoms with Gasteiger partial charge in [-0.05, 0) is 74.4 Å². The number of aromatic nitrogens is 2. The minimum atomic E-state index is 0.529. The van der Waals surface area contributed by atoms with Gasteiger partial charge in [0, 0.05) is 22.1 Å². The zero-order chi connectivity index (χ0) is 18.7. The molecule has 0 atom stereocenters. The largest absolute Gasteiger partial charge is 0.332 e. The van der Waals surface area contributed by atoms with E-state index in [1.54, 1.807) is 0 Å². The molecule has 2 N–H and O–H groups in total. The lowest BCUT2D eigenvalue weighted by atomic mass is 10.2. The molecule has 0 saturated heterocycles. The zero-order valence-electron chi connectivity index (χ0n) is 15.0. The van der Waals surface area contributed by atoms with Crippen molar-refractivity contribution in [1.29, 1.82) is 0 Å². The van der Waals surface area contributed by atoms with Crippen molar-refractivity contribution in [1.82, 2.24) is 9.78 Å². The van der Waals surface area contributed by atoms with Crippen LogP contribution in [-0.2, 0) is 6.54 Å². The Morgan fingerprint density at radius 3 is 2.46 bits per heavy atom. The average Bonchev–Trinajstić information content (AvgIpc) is 2.91. The molecular weight excluding hydrogens is 364 g/mol. The van der Waals surface area contributed by atoms with Crippen molar-refractivity contribution < 1.29 is 0 Å². The van der Waals surface area contributed by atoms with E-state index in [2.05, 4.69) is 40.9 Å². The van der Waals surface area contributed by atoms with Gasteiger partial charge in [0.1, 0.15) is 0 Å². The third-order valence-electron chi connectivity index (χ3n) is 4.16. The Morgan fingerprint density at radius 2 is 1.81 bits per heavy atom. The minimum absolute atomic E-state index is 0.529. The predicted octanol–water partition coefficient (Wildman–Crippen LogP) is 5.32. The number of nitrogens with zero attached hydrogens (tertiary/aromatic N) is 2. The van der Waals surface area contributed by atoms with Gasteiger partial charge in [-0.2, -0.15) is 5.10 Å². The van der Waals surface area contributed by atoms with Crippen molar-refractivity contribution >= 4 is 40.3 Å². The second-order valence-electron chi connectivity index (χ2n) is 6.27. The molecule has 1 aromatic heterocycles. The van der Waals surface area contributed by atoms with Crippen LogP contribution < -0.4 is 10.6 Å². The molecule has 0 aliphatic carbocycles. The highest BCUT2D eigenvalue weighted by Crippen LogP contribution is 2.23. The van der Waals surface area contributed by atoms with E-state index in [-0.39, 0.29) is 0 Å². The molecule has 3 aromatic rings. The van der Waals surface area contributed by atoms with Crippen LogP contribution in [0, 0.1) is 20.8 Å². The van der Waals surface area contributed by atoms with Crippen LogP contribution in [0.3, 0.4) is 0 Å². The summed E-state index contributed by atoms with van der Waals surface area (Å²) >= 11 is 11.5. The topological polar surface area (TPSA) is 41.9 Å². The van der Waals surface area contributed by atoms with Crippen molar-refractivity contribution in [3.63, 3.8) is 0 Å². The van der Waals surface area contributed by atoms with Gasteiger partial charge in [-0.25, -0.2) is 0 Å². The summed E-state index contributed by atoms with van der Waals surface area (Å²) in [6, 6.07) is 16.0. The van der Waals surface area contributed by atoms with Gasteiger partial charge in [0.15, 0.2) is 5.11 Å². The van der Waals surface area contributed by atoms with Gasteiger partial charge >= 0.3 is 0 Å². The smallest absolute Gasteiger partial charge is 0.175 e. The van der Waals surface area contributed by atoms with Crippen LogP contribution >= 0.6 is 23.8 Å². The van der Waals surface area contributed by atoms with Gasteiger partial charge < -0.3 is 10.6 Å². The molecule has 4 nitrogen and oxygen atoms in total. The number of halogens is 1. The van der Waals surface area contributed by atoms with Crippen LogP contribution in [0.5, 0.6) is 0 Å². The Hall–Kier alpha value is -2.37.